The lowest BCUT2D eigenvalue weighted by molar-refractivity contribution is -0.201. The van der Waals surface area contributed by atoms with E-state index in [1.807, 2.05) is 24.3 Å². The van der Waals surface area contributed by atoms with Crippen LogP contribution in [0.4, 0.5) is 13.2 Å². The monoisotopic (exact) mass is 415 g/mol. The first-order valence-corrected chi connectivity index (χ1v) is 10.1. The molecule has 0 radical (unpaired) electrons. The summed E-state index contributed by atoms with van der Waals surface area (Å²) in [5.41, 5.74) is 1.06. The van der Waals surface area contributed by atoms with Crippen LogP contribution in [0.15, 0.2) is 24.3 Å². The van der Waals surface area contributed by atoms with Gasteiger partial charge in [0.15, 0.2) is 0 Å². The molecule has 1 aromatic carbocycles. The Morgan fingerprint density at radius 2 is 1.86 bits per heavy atom. The van der Waals surface area contributed by atoms with E-state index in [1.165, 1.54) is 32.1 Å². The predicted octanol–water partition coefficient (Wildman–Crippen LogP) is 4.19. The van der Waals surface area contributed by atoms with Crippen LogP contribution in [0, 0.1) is 5.92 Å². The Labute approximate surface area is 168 Å². The minimum atomic E-state index is -5.16. The van der Waals surface area contributed by atoms with Crippen LogP contribution < -0.4 is 10.1 Å². The highest BCUT2D eigenvalue weighted by Crippen LogP contribution is 2.26. The summed E-state index contributed by atoms with van der Waals surface area (Å²) in [4.78, 5) is 21.7. The minimum Gasteiger partial charge on any atom is -0.494 e. The molecule has 29 heavy (non-hydrogen) atoms. The summed E-state index contributed by atoms with van der Waals surface area (Å²) in [6.07, 6.45) is 2.88. The van der Waals surface area contributed by atoms with Crippen LogP contribution in [0.5, 0.6) is 5.75 Å². The molecule has 162 valence electrons. The van der Waals surface area contributed by atoms with Gasteiger partial charge in [0.2, 0.25) is 0 Å². The van der Waals surface area contributed by atoms with Crippen molar-refractivity contribution >= 4 is 11.9 Å². The van der Waals surface area contributed by atoms with Crippen LogP contribution in [0.25, 0.3) is 0 Å². The third-order valence-corrected chi connectivity index (χ3v) is 4.95. The van der Waals surface area contributed by atoms with Gasteiger partial charge in [0.1, 0.15) is 5.75 Å². The summed E-state index contributed by atoms with van der Waals surface area (Å²) in [6.45, 7) is 1.37. The molecule has 1 N–H and O–H groups in total. The van der Waals surface area contributed by atoms with E-state index in [2.05, 4.69) is 10.1 Å². The first kappa shape index (κ1) is 23.2. The van der Waals surface area contributed by atoms with Gasteiger partial charge in [-0.25, -0.2) is 4.79 Å². The quantitative estimate of drug-likeness (QED) is 0.353. The number of hydrogen-bond acceptors (Lipinski definition) is 5. The molecular weight excluding hydrogens is 387 g/mol. The summed E-state index contributed by atoms with van der Waals surface area (Å²) in [5.74, 6) is -2.09. The SMILES string of the molecule is O=C(CCNCCc1cccc(OCCC2CCCCC2)c1)OC(=O)C(F)(F)F. The lowest BCUT2D eigenvalue weighted by Gasteiger charge is -2.21. The fraction of sp³-hybridized carbons (Fsp3) is 0.619. The lowest BCUT2D eigenvalue weighted by atomic mass is 9.87. The molecule has 0 spiro atoms. The Balaban J connectivity index is 1.60. The van der Waals surface area contributed by atoms with E-state index in [0.29, 0.717) is 19.6 Å². The van der Waals surface area contributed by atoms with Gasteiger partial charge in [-0.2, -0.15) is 13.2 Å². The van der Waals surface area contributed by atoms with Crippen molar-refractivity contribution in [1.29, 1.82) is 0 Å². The highest BCUT2D eigenvalue weighted by atomic mass is 19.4. The average Bonchev–Trinajstić information content (AvgIpc) is 2.68. The van der Waals surface area contributed by atoms with E-state index in [0.717, 1.165) is 23.7 Å². The van der Waals surface area contributed by atoms with Gasteiger partial charge in [-0.15, -0.1) is 0 Å². The summed E-state index contributed by atoms with van der Waals surface area (Å²) in [6, 6.07) is 7.78. The lowest BCUT2D eigenvalue weighted by Crippen LogP contribution is -2.29. The number of halogens is 3. The molecule has 0 unspecified atom stereocenters. The average molecular weight is 415 g/mol. The van der Waals surface area contributed by atoms with Gasteiger partial charge in [0, 0.05) is 6.54 Å². The normalized spacial score (nSPS) is 15.1. The Bertz CT molecular complexity index is 658. The van der Waals surface area contributed by atoms with E-state index in [-0.39, 0.29) is 13.0 Å². The van der Waals surface area contributed by atoms with Crippen molar-refractivity contribution in [1.82, 2.24) is 5.32 Å². The predicted molar refractivity (Wildman–Crippen MR) is 101 cm³/mol. The first-order chi connectivity index (χ1) is 13.8. The highest BCUT2D eigenvalue weighted by molar-refractivity contribution is 5.88. The molecule has 5 nitrogen and oxygen atoms in total. The molecule has 0 heterocycles. The standard InChI is InChI=1S/C21H28F3NO4/c22-21(23,24)20(27)29-19(26)10-13-25-12-9-17-7-4-8-18(15-17)28-14-11-16-5-2-1-3-6-16/h4,7-8,15-16,25H,1-3,5-6,9-14H2. The number of hydrogen-bond donors (Lipinski definition) is 1. The second-order valence-electron chi connectivity index (χ2n) is 7.30. The summed E-state index contributed by atoms with van der Waals surface area (Å²) in [5, 5.41) is 2.95. The number of nitrogens with one attached hydrogen (secondary N) is 1. The van der Waals surface area contributed by atoms with Gasteiger partial charge >= 0.3 is 18.1 Å². The summed E-state index contributed by atoms with van der Waals surface area (Å²) in [7, 11) is 0. The van der Waals surface area contributed by atoms with Crippen molar-refractivity contribution < 1.29 is 32.2 Å². The van der Waals surface area contributed by atoms with Crippen LogP contribution in [-0.4, -0.2) is 37.8 Å². The van der Waals surface area contributed by atoms with Crippen molar-refractivity contribution in [3.05, 3.63) is 29.8 Å². The molecule has 8 heteroatoms. The second-order valence-corrected chi connectivity index (χ2v) is 7.30. The molecular formula is C21H28F3NO4. The van der Waals surface area contributed by atoms with Crippen LogP contribution in [0.3, 0.4) is 0 Å². The number of ether oxygens (including phenoxy) is 2. The molecule has 1 aliphatic rings. The largest absolute Gasteiger partial charge is 0.494 e. The maximum atomic E-state index is 12.0. The van der Waals surface area contributed by atoms with Gasteiger partial charge in [-0.1, -0.05) is 44.2 Å². The number of esters is 2. The molecule has 1 aliphatic carbocycles. The molecule has 0 bridgehead atoms. The number of alkyl halides is 3. The zero-order valence-corrected chi connectivity index (χ0v) is 16.4. The maximum Gasteiger partial charge on any atom is 0.491 e. The molecule has 0 saturated heterocycles. The van der Waals surface area contributed by atoms with Crippen LogP contribution in [0.2, 0.25) is 0 Å². The number of carbonyl (C=O) groups is 2. The first-order valence-electron chi connectivity index (χ1n) is 10.1. The van der Waals surface area contributed by atoms with E-state index >= 15 is 0 Å². The van der Waals surface area contributed by atoms with E-state index in [4.69, 9.17) is 4.74 Å². The fourth-order valence-corrected chi connectivity index (χ4v) is 3.37. The second kappa shape index (κ2) is 11.8. The van der Waals surface area contributed by atoms with E-state index in [9.17, 15) is 22.8 Å². The van der Waals surface area contributed by atoms with Gasteiger partial charge in [-0.3, -0.25) is 4.79 Å². The van der Waals surface area contributed by atoms with Crippen LogP contribution in [0.1, 0.15) is 50.5 Å². The topological polar surface area (TPSA) is 64.6 Å². The summed E-state index contributed by atoms with van der Waals surface area (Å²) >= 11 is 0. The van der Waals surface area contributed by atoms with Crippen LogP contribution in [-0.2, 0) is 20.7 Å². The van der Waals surface area contributed by atoms with Crippen molar-refractivity contribution in [3.8, 4) is 5.75 Å². The molecule has 1 aromatic rings. The number of benzene rings is 1. The van der Waals surface area contributed by atoms with Gasteiger partial charge in [0.05, 0.1) is 13.0 Å². The molecule has 2 rings (SSSR count). The smallest absolute Gasteiger partial charge is 0.491 e. The van der Waals surface area contributed by atoms with Gasteiger partial charge < -0.3 is 14.8 Å². The highest BCUT2D eigenvalue weighted by Gasteiger charge is 2.42. The Morgan fingerprint density at radius 3 is 2.59 bits per heavy atom. The third-order valence-electron chi connectivity index (χ3n) is 4.95. The molecule has 0 aromatic heterocycles. The third kappa shape index (κ3) is 9.30. The van der Waals surface area contributed by atoms with Gasteiger partial charge in [-0.05, 0) is 43.0 Å². The van der Waals surface area contributed by atoms with E-state index < -0.39 is 18.1 Å². The van der Waals surface area contributed by atoms with Crippen molar-refractivity contribution in [2.75, 3.05) is 19.7 Å². The number of rotatable bonds is 10. The molecule has 1 fully saturated rings. The molecule has 0 aliphatic heterocycles. The van der Waals surface area contributed by atoms with Crippen molar-refractivity contribution in [2.24, 2.45) is 5.92 Å². The zero-order chi connectivity index (χ0) is 21.1. The molecule has 1 saturated carbocycles. The van der Waals surface area contributed by atoms with E-state index in [1.54, 1.807) is 0 Å². The summed E-state index contributed by atoms with van der Waals surface area (Å²) < 4.78 is 45.6. The van der Waals surface area contributed by atoms with Crippen molar-refractivity contribution in [3.63, 3.8) is 0 Å². The molecule has 0 atom stereocenters. The fourth-order valence-electron chi connectivity index (χ4n) is 3.37. The van der Waals surface area contributed by atoms with Crippen molar-refractivity contribution in [2.45, 2.75) is 57.5 Å². The Morgan fingerprint density at radius 1 is 1.10 bits per heavy atom. The minimum absolute atomic E-state index is 0.127. The molecule has 0 amide bonds. The zero-order valence-electron chi connectivity index (χ0n) is 16.4. The number of carbonyl (C=O) groups excluding carboxylic acids is 2. The van der Waals surface area contributed by atoms with Gasteiger partial charge in [0.25, 0.3) is 0 Å². The Kier molecular flexibility index (Phi) is 9.44. The maximum absolute atomic E-state index is 12.0. The van der Waals surface area contributed by atoms with Crippen LogP contribution >= 0.6 is 0 Å². The Hall–Kier alpha value is -2.09.